The zero-order valence-corrected chi connectivity index (χ0v) is 19.2. The van der Waals surface area contributed by atoms with E-state index in [9.17, 15) is 14.7 Å². The molecule has 2 N–H and O–H groups in total. The summed E-state index contributed by atoms with van der Waals surface area (Å²) in [6.07, 6.45) is 2.01. The van der Waals surface area contributed by atoms with E-state index in [0.29, 0.717) is 24.4 Å². The number of aliphatic carboxylic acids is 1. The van der Waals surface area contributed by atoms with Crippen molar-refractivity contribution >= 4 is 34.6 Å². The van der Waals surface area contributed by atoms with Crippen LogP contribution in [0.15, 0.2) is 65.1 Å². The third-order valence-corrected chi connectivity index (χ3v) is 6.81. The van der Waals surface area contributed by atoms with E-state index in [1.165, 1.54) is 5.56 Å². The molecule has 0 bridgehead atoms. The van der Waals surface area contributed by atoms with Crippen molar-refractivity contribution in [2.75, 3.05) is 5.32 Å². The minimum Gasteiger partial charge on any atom is -0.481 e. The Morgan fingerprint density at radius 1 is 0.912 bits per heavy atom. The van der Waals surface area contributed by atoms with Crippen LogP contribution in [0.1, 0.15) is 40.7 Å². The first-order valence-corrected chi connectivity index (χ1v) is 11.5. The maximum atomic E-state index is 12.8. The zero-order valence-electron chi connectivity index (χ0n) is 19.2. The maximum absolute atomic E-state index is 12.8. The van der Waals surface area contributed by atoms with Crippen LogP contribution in [-0.2, 0) is 4.79 Å². The SMILES string of the molecule is Cc1cc2nc(Nc3ccc(-c4ccc(C(=O)C5CCCC5C(=O)O)cc4)cc3)oc2cc1C. The monoisotopic (exact) mass is 454 g/mol. The van der Waals surface area contributed by atoms with Gasteiger partial charge in [-0.25, -0.2) is 0 Å². The fourth-order valence-corrected chi connectivity index (χ4v) is 4.71. The Morgan fingerprint density at radius 2 is 1.53 bits per heavy atom. The molecule has 1 aromatic heterocycles. The van der Waals surface area contributed by atoms with Gasteiger partial charge in [-0.3, -0.25) is 9.59 Å². The minimum atomic E-state index is -0.871. The van der Waals surface area contributed by atoms with Crippen molar-refractivity contribution in [1.29, 1.82) is 0 Å². The third kappa shape index (κ3) is 4.19. The summed E-state index contributed by atoms with van der Waals surface area (Å²) in [7, 11) is 0. The van der Waals surface area contributed by atoms with Gasteiger partial charge in [0.05, 0.1) is 5.92 Å². The summed E-state index contributed by atoms with van der Waals surface area (Å²) >= 11 is 0. The number of benzene rings is 3. The number of carboxylic acid groups (broad SMARTS) is 1. The summed E-state index contributed by atoms with van der Waals surface area (Å²) in [6, 6.07) is 19.8. The van der Waals surface area contributed by atoms with Crippen LogP contribution >= 0.6 is 0 Å². The van der Waals surface area contributed by atoms with Crippen LogP contribution in [0.2, 0.25) is 0 Å². The molecule has 1 aliphatic rings. The molecule has 4 aromatic rings. The van der Waals surface area contributed by atoms with Crippen molar-refractivity contribution in [3.8, 4) is 11.1 Å². The largest absolute Gasteiger partial charge is 0.481 e. The molecule has 1 aliphatic carbocycles. The number of hydrogen-bond acceptors (Lipinski definition) is 5. The van der Waals surface area contributed by atoms with Crippen LogP contribution < -0.4 is 5.32 Å². The van der Waals surface area contributed by atoms with E-state index in [0.717, 1.165) is 39.9 Å². The van der Waals surface area contributed by atoms with Crippen molar-refractivity contribution in [2.45, 2.75) is 33.1 Å². The fourth-order valence-electron chi connectivity index (χ4n) is 4.71. The summed E-state index contributed by atoms with van der Waals surface area (Å²) < 4.78 is 5.83. The molecule has 3 aromatic carbocycles. The van der Waals surface area contributed by atoms with Crippen molar-refractivity contribution < 1.29 is 19.1 Å². The number of aryl methyl sites for hydroxylation is 2. The standard InChI is InChI=1S/C28H26N2O4/c1-16-14-24-25(15-17(16)2)34-28(30-24)29-21-12-10-19(11-13-21)18-6-8-20(9-7-18)26(31)22-4-3-5-23(22)27(32)33/h6-15,22-23H,3-5H2,1-2H3,(H,29,30)(H,32,33). The van der Waals surface area contributed by atoms with Crippen molar-refractivity contribution in [2.24, 2.45) is 11.8 Å². The lowest BCUT2D eigenvalue weighted by molar-refractivity contribution is -0.142. The number of Topliss-reactive ketones (excluding diaryl/α,β-unsaturated/α-hetero) is 1. The molecule has 1 fully saturated rings. The highest BCUT2D eigenvalue weighted by Gasteiger charge is 2.37. The summed E-state index contributed by atoms with van der Waals surface area (Å²) in [5.74, 6) is -1.93. The predicted molar refractivity (Wildman–Crippen MR) is 131 cm³/mol. The molecule has 6 heteroatoms. The summed E-state index contributed by atoms with van der Waals surface area (Å²) in [6.45, 7) is 4.10. The second-order valence-electron chi connectivity index (χ2n) is 9.05. The van der Waals surface area contributed by atoms with Crippen molar-refractivity contribution in [1.82, 2.24) is 4.98 Å². The Hall–Kier alpha value is -3.93. The van der Waals surface area contributed by atoms with E-state index in [2.05, 4.69) is 17.2 Å². The summed E-state index contributed by atoms with van der Waals surface area (Å²) in [5.41, 5.74) is 7.34. The number of oxazole rings is 1. The van der Waals surface area contributed by atoms with Gasteiger partial charge in [0, 0.05) is 17.2 Å². The summed E-state index contributed by atoms with van der Waals surface area (Å²) in [5, 5.41) is 12.6. The molecule has 0 amide bonds. The first kappa shape index (κ1) is 21.9. The average Bonchev–Trinajstić information content (AvgIpc) is 3.47. The second-order valence-corrected chi connectivity index (χ2v) is 9.05. The number of rotatable bonds is 6. The molecule has 6 nitrogen and oxygen atoms in total. The van der Waals surface area contributed by atoms with E-state index < -0.39 is 17.8 Å². The molecule has 0 aliphatic heterocycles. The molecule has 172 valence electrons. The van der Waals surface area contributed by atoms with Crippen LogP contribution in [0.4, 0.5) is 11.7 Å². The van der Waals surface area contributed by atoms with Crippen LogP contribution in [0.25, 0.3) is 22.2 Å². The first-order valence-electron chi connectivity index (χ1n) is 11.5. The number of hydrogen-bond donors (Lipinski definition) is 2. The van der Waals surface area contributed by atoms with Gasteiger partial charge in [0.25, 0.3) is 6.01 Å². The van der Waals surface area contributed by atoms with E-state index in [1.54, 1.807) is 12.1 Å². The summed E-state index contributed by atoms with van der Waals surface area (Å²) in [4.78, 5) is 28.8. The molecule has 0 spiro atoms. The van der Waals surface area contributed by atoms with Gasteiger partial charge in [-0.15, -0.1) is 0 Å². The van der Waals surface area contributed by atoms with Gasteiger partial charge in [0.2, 0.25) is 0 Å². The molecular weight excluding hydrogens is 428 g/mol. The Labute approximate surface area is 197 Å². The van der Waals surface area contributed by atoms with Crippen molar-refractivity contribution in [3.05, 3.63) is 77.4 Å². The number of carbonyl (C=O) groups is 2. The van der Waals surface area contributed by atoms with Gasteiger partial charge in [-0.1, -0.05) is 42.8 Å². The van der Waals surface area contributed by atoms with Gasteiger partial charge in [-0.2, -0.15) is 4.98 Å². The van der Waals surface area contributed by atoms with Gasteiger partial charge >= 0.3 is 5.97 Å². The van der Waals surface area contributed by atoms with Crippen LogP contribution in [0.3, 0.4) is 0 Å². The Kier molecular flexibility index (Phi) is 5.65. The Bertz CT molecular complexity index is 1330. The maximum Gasteiger partial charge on any atom is 0.307 e. The molecule has 2 unspecified atom stereocenters. The number of carbonyl (C=O) groups excluding carboxylic acids is 1. The molecule has 5 rings (SSSR count). The lowest BCUT2D eigenvalue weighted by Crippen LogP contribution is -2.25. The molecule has 34 heavy (non-hydrogen) atoms. The smallest absolute Gasteiger partial charge is 0.307 e. The molecule has 1 heterocycles. The normalized spacial score (nSPS) is 17.7. The van der Waals surface area contributed by atoms with Gasteiger partial charge in [0.1, 0.15) is 5.52 Å². The number of nitrogens with zero attached hydrogens (tertiary/aromatic N) is 1. The quantitative estimate of drug-likeness (QED) is 0.321. The minimum absolute atomic E-state index is 0.0697. The Balaban J connectivity index is 1.29. The number of aromatic nitrogens is 1. The fraction of sp³-hybridized carbons (Fsp3) is 0.250. The van der Waals surface area contributed by atoms with Crippen LogP contribution in [-0.4, -0.2) is 21.8 Å². The van der Waals surface area contributed by atoms with Gasteiger partial charge in [0.15, 0.2) is 11.4 Å². The molecular formula is C28H26N2O4. The number of ketones is 1. The highest BCUT2D eigenvalue weighted by atomic mass is 16.4. The van der Waals surface area contributed by atoms with E-state index in [-0.39, 0.29) is 5.78 Å². The van der Waals surface area contributed by atoms with Crippen LogP contribution in [0, 0.1) is 25.7 Å². The van der Waals surface area contributed by atoms with Crippen molar-refractivity contribution in [3.63, 3.8) is 0 Å². The molecule has 0 saturated heterocycles. The van der Waals surface area contributed by atoms with E-state index in [4.69, 9.17) is 4.42 Å². The number of anilines is 2. The third-order valence-electron chi connectivity index (χ3n) is 6.81. The molecule has 0 radical (unpaired) electrons. The molecule has 1 saturated carbocycles. The number of fused-ring (bicyclic) bond motifs is 1. The van der Waals surface area contributed by atoms with E-state index >= 15 is 0 Å². The van der Waals surface area contributed by atoms with Gasteiger partial charge in [-0.05, 0) is 73.2 Å². The Morgan fingerprint density at radius 3 is 2.21 bits per heavy atom. The van der Waals surface area contributed by atoms with E-state index in [1.807, 2.05) is 55.5 Å². The second kappa shape index (κ2) is 8.78. The highest BCUT2D eigenvalue weighted by molar-refractivity contribution is 6.00. The van der Waals surface area contributed by atoms with Crippen LogP contribution in [0.5, 0.6) is 0 Å². The van der Waals surface area contributed by atoms with Gasteiger partial charge < -0.3 is 14.8 Å². The highest BCUT2D eigenvalue weighted by Crippen LogP contribution is 2.35. The number of nitrogens with one attached hydrogen (secondary N) is 1. The lowest BCUT2D eigenvalue weighted by Gasteiger charge is -2.14. The topological polar surface area (TPSA) is 92.4 Å². The zero-order chi connectivity index (χ0) is 23.8. The molecule has 2 atom stereocenters. The predicted octanol–water partition coefficient (Wildman–Crippen LogP) is 6.54. The first-order chi connectivity index (χ1) is 16.4. The lowest BCUT2D eigenvalue weighted by atomic mass is 9.88. The average molecular weight is 455 g/mol. The number of carboxylic acids is 1.